The molecule has 0 radical (unpaired) electrons. The van der Waals surface area contributed by atoms with Crippen LogP contribution in [0.3, 0.4) is 0 Å². The van der Waals surface area contributed by atoms with Gasteiger partial charge in [-0.05, 0) is 18.7 Å². The van der Waals surface area contributed by atoms with E-state index >= 15 is 0 Å². The van der Waals surface area contributed by atoms with Gasteiger partial charge in [0.1, 0.15) is 59.8 Å². The van der Waals surface area contributed by atoms with Gasteiger partial charge in [-0.15, -0.1) is 0 Å². The van der Waals surface area contributed by atoms with Crippen LogP contribution in [0.25, 0.3) is 22.3 Å². The molecule has 4 aromatic rings. The summed E-state index contributed by atoms with van der Waals surface area (Å²) < 4.78 is 58.6. The maximum absolute atomic E-state index is 13.6. The largest absolute Gasteiger partial charge is 0.386 e. The van der Waals surface area contributed by atoms with Crippen LogP contribution in [0.2, 0.25) is 0 Å². The van der Waals surface area contributed by atoms with Crippen molar-refractivity contribution in [2.75, 3.05) is 19.8 Å². The van der Waals surface area contributed by atoms with Crippen LogP contribution in [0.5, 0.6) is 0 Å². The third-order valence-corrected chi connectivity index (χ3v) is 11.1. The van der Waals surface area contributed by atoms with Gasteiger partial charge in [0.2, 0.25) is 0 Å². The molecule has 2 N–H and O–H groups in total. The van der Waals surface area contributed by atoms with E-state index < -0.39 is 75.3 Å². The third kappa shape index (κ3) is 4.76. The van der Waals surface area contributed by atoms with Crippen molar-refractivity contribution in [3.63, 3.8) is 0 Å². The number of fused-ring (bicyclic) bond motifs is 3. The standard InChI is InChI=1S/C22H24N8O10P2S2/c1-10-13-19(26-7-24-10)30(9-28-13)21-16-17-22(38-21,4-34-16)5-36-42(33,44)39-15-12(3-35-41(32,43)40-17)37-20(14(15)31)29-8-27-11-2-23-6-25-18(11)29/h2,6-9,12,14-17,20-21,31H,3-5H2,1H3,(H,32,43)(H,33,44)/t12-,14-,15-,16-,17+,20-,21-,22-,41?,42?/m1/s1. The lowest BCUT2D eigenvalue weighted by molar-refractivity contribution is -0.183. The monoisotopic (exact) mass is 686 g/mol. The fraction of sp³-hybridized carbons (Fsp3) is 0.545. The maximum Gasteiger partial charge on any atom is 0.386 e. The number of aromatic nitrogens is 8. The molecule has 18 nitrogen and oxygen atoms in total. The fourth-order valence-electron chi connectivity index (χ4n) is 5.93. The number of thiol groups is 1. The Morgan fingerprint density at radius 1 is 1.02 bits per heavy atom. The first-order valence-electron chi connectivity index (χ1n) is 13.3. The summed E-state index contributed by atoms with van der Waals surface area (Å²) in [6.07, 6.45) is -0.386. The third-order valence-electron chi connectivity index (χ3n) is 7.99. The molecule has 4 fully saturated rings. The molecule has 10 atom stereocenters. The highest BCUT2D eigenvalue weighted by Gasteiger charge is 2.65. The molecule has 4 saturated heterocycles. The Balaban J connectivity index is 1.10. The van der Waals surface area contributed by atoms with Crippen LogP contribution in [-0.2, 0) is 48.7 Å². The van der Waals surface area contributed by atoms with Gasteiger partial charge in [-0.2, -0.15) is 0 Å². The van der Waals surface area contributed by atoms with Crippen molar-refractivity contribution in [2.45, 2.75) is 55.5 Å². The first-order chi connectivity index (χ1) is 21.0. The molecule has 0 aliphatic carbocycles. The molecule has 234 valence electrons. The Morgan fingerprint density at radius 2 is 1.82 bits per heavy atom. The molecule has 4 aliphatic rings. The van der Waals surface area contributed by atoms with Crippen LogP contribution in [0.4, 0.5) is 0 Å². The molecule has 2 unspecified atom stereocenters. The molecule has 8 heterocycles. The number of ether oxygens (including phenoxy) is 3. The molecular weight excluding hydrogens is 662 g/mol. The molecule has 0 saturated carbocycles. The summed E-state index contributed by atoms with van der Waals surface area (Å²) in [5, 5.41) is 11.3. The summed E-state index contributed by atoms with van der Waals surface area (Å²) in [6.45, 7) is -7.27. The minimum Gasteiger partial charge on any atom is -0.386 e. The Kier molecular flexibility index (Phi) is 7.01. The van der Waals surface area contributed by atoms with Crippen LogP contribution >= 0.6 is 25.8 Å². The van der Waals surface area contributed by atoms with Gasteiger partial charge in [0.15, 0.2) is 23.8 Å². The van der Waals surface area contributed by atoms with E-state index in [9.17, 15) is 14.6 Å². The lowest BCUT2D eigenvalue weighted by Crippen LogP contribution is -2.46. The minimum atomic E-state index is -4.20. The Labute approximate surface area is 257 Å². The smallest absolute Gasteiger partial charge is 0.386 e. The fourth-order valence-corrected chi connectivity index (χ4v) is 8.90. The number of hydrogen-bond donors (Lipinski definition) is 3. The molecule has 0 spiro atoms. The molecular formula is C22H24N8O10P2S2. The minimum absolute atomic E-state index is 0.0575. The zero-order valence-electron chi connectivity index (χ0n) is 22.5. The maximum atomic E-state index is 13.6. The summed E-state index contributed by atoms with van der Waals surface area (Å²) in [7, 11) is 0. The van der Waals surface area contributed by atoms with Crippen LogP contribution in [0.15, 0.2) is 31.5 Å². The van der Waals surface area contributed by atoms with Gasteiger partial charge in [0.25, 0.3) is 0 Å². The van der Waals surface area contributed by atoms with E-state index in [0.29, 0.717) is 28.0 Å². The van der Waals surface area contributed by atoms with Crippen LogP contribution in [0, 0.1) is 6.92 Å². The number of hydrogen-bond acceptors (Lipinski definition) is 16. The summed E-state index contributed by atoms with van der Waals surface area (Å²) in [5.74, 6) is 0. The van der Waals surface area contributed by atoms with Crippen LogP contribution < -0.4 is 0 Å². The van der Waals surface area contributed by atoms with E-state index in [1.807, 2.05) is 0 Å². The van der Waals surface area contributed by atoms with Crippen molar-refractivity contribution in [3.8, 4) is 0 Å². The molecule has 4 aliphatic heterocycles. The van der Waals surface area contributed by atoms with Crippen molar-refractivity contribution >= 4 is 59.9 Å². The predicted molar refractivity (Wildman–Crippen MR) is 153 cm³/mol. The molecule has 2 bridgehead atoms. The summed E-state index contributed by atoms with van der Waals surface area (Å²) in [4.78, 5) is 36.5. The number of aliphatic hydroxyl groups is 1. The highest BCUT2D eigenvalue weighted by Crippen LogP contribution is 2.61. The van der Waals surface area contributed by atoms with Gasteiger partial charge in [0, 0.05) is 0 Å². The molecule has 22 heteroatoms. The number of imidazole rings is 2. The second kappa shape index (κ2) is 10.5. The van der Waals surface area contributed by atoms with Crippen LogP contribution in [-0.4, -0.2) is 105 Å². The summed E-state index contributed by atoms with van der Waals surface area (Å²) in [6, 6.07) is 0. The van der Waals surface area contributed by atoms with Gasteiger partial charge in [-0.3, -0.25) is 22.7 Å². The molecule has 0 aromatic carbocycles. The Morgan fingerprint density at radius 3 is 2.68 bits per heavy atom. The predicted octanol–water partition coefficient (Wildman–Crippen LogP) is 0.971. The van der Waals surface area contributed by atoms with Gasteiger partial charge < -0.3 is 28.7 Å². The topological polar surface area (TPSA) is 209 Å². The van der Waals surface area contributed by atoms with E-state index in [2.05, 4.69) is 42.2 Å². The average molecular weight is 687 g/mol. The summed E-state index contributed by atoms with van der Waals surface area (Å²) >= 11 is 9.58. The Hall–Kier alpha value is -2.03. The highest BCUT2D eigenvalue weighted by atomic mass is 32.7. The average Bonchev–Trinajstić information content (AvgIpc) is 3.80. The SMILES string of the molecule is Cc1ncnc2c1ncn2[C@@H]1O[C@@]23CO[C@@H]1[C@@H]2OP(O)(=S)OC[C@H]1O[C@@H](n2cnc4cncnc42)[C@H](O)[C@@H]1OP(=O)(S)OC3. The van der Waals surface area contributed by atoms with Crippen molar-refractivity contribution in [2.24, 2.45) is 0 Å². The number of aliphatic hydroxyl groups excluding tert-OH is 1. The van der Waals surface area contributed by atoms with Crippen molar-refractivity contribution in [3.05, 3.63) is 37.2 Å². The quantitative estimate of drug-likeness (QED) is 0.198. The Bertz CT molecular complexity index is 1870. The zero-order chi connectivity index (χ0) is 30.4. The van der Waals surface area contributed by atoms with E-state index in [4.69, 9.17) is 44.1 Å². The normalized spacial score (nSPS) is 41.0. The van der Waals surface area contributed by atoms with Crippen molar-refractivity contribution in [1.82, 2.24) is 39.0 Å². The number of aryl methyl sites for hydroxylation is 1. The lowest BCUT2D eigenvalue weighted by Gasteiger charge is -2.34. The number of nitrogens with zero attached hydrogens (tertiary/aromatic N) is 8. The first kappa shape index (κ1) is 29.4. The van der Waals surface area contributed by atoms with Gasteiger partial charge in [0.05, 0.1) is 44.4 Å². The highest BCUT2D eigenvalue weighted by molar-refractivity contribution is 8.44. The van der Waals surface area contributed by atoms with Gasteiger partial charge in [-0.1, -0.05) is 12.2 Å². The van der Waals surface area contributed by atoms with E-state index in [1.165, 1.54) is 36.1 Å². The van der Waals surface area contributed by atoms with Gasteiger partial charge in [-0.25, -0.2) is 34.5 Å². The number of rotatable bonds is 2. The lowest BCUT2D eigenvalue weighted by atomic mass is 10.0. The first-order valence-corrected chi connectivity index (χ1v) is 18.5. The van der Waals surface area contributed by atoms with E-state index in [-0.39, 0.29) is 6.61 Å². The molecule has 8 rings (SSSR count). The second-order valence-corrected chi connectivity index (χ2v) is 16.3. The van der Waals surface area contributed by atoms with Crippen molar-refractivity contribution < 1.29 is 46.9 Å². The van der Waals surface area contributed by atoms with Crippen molar-refractivity contribution in [1.29, 1.82) is 0 Å². The molecule has 0 amide bonds. The second-order valence-electron chi connectivity index (χ2n) is 10.7. The summed E-state index contributed by atoms with van der Waals surface area (Å²) in [5.41, 5.74) is 1.15. The molecule has 44 heavy (non-hydrogen) atoms. The van der Waals surface area contributed by atoms with Crippen LogP contribution in [0.1, 0.15) is 18.1 Å². The van der Waals surface area contributed by atoms with E-state index in [1.54, 1.807) is 11.5 Å². The molecule has 4 aromatic heterocycles. The van der Waals surface area contributed by atoms with E-state index in [0.717, 1.165) is 0 Å². The zero-order valence-corrected chi connectivity index (χ0v) is 26.0. The van der Waals surface area contributed by atoms with Gasteiger partial charge >= 0.3 is 13.5 Å².